The number of hydrogen-bond acceptors (Lipinski definition) is 10. The molecule has 1 aliphatic heterocycles. The fourth-order valence-corrected chi connectivity index (χ4v) is 6.65. The van der Waals surface area contributed by atoms with Crippen LogP contribution in [-0.4, -0.2) is 81.9 Å². The van der Waals surface area contributed by atoms with E-state index in [2.05, 4.69) is 20.8 Å². The van der Waals surface area contributed by atoms with Crippen LogP contribution >= 0.6 is 11.3 Å². The molecule has 3 aromatic rings. The number of carbonyl (C=O) groups excluding carboxylic acids is 3. The standard InChI is InChI=1S/C32H41N5O7S/c1-18(2)29(27-14-28(36-44-27)43-10-9-42-25-11-23(12-25)35-20(4)38)32(41)37-16-24(39)13-26(37)31(40)33-15-21-5-7-22(8-6-21)30-19(3)34-17-45-30/h5-8,14,17-18,23-26,29,39H,9-13,15-16H2,1-4H3,(H,33,40)(H,35,38)/t23?,24-,25?,26+,29?/m1/s1. The lowest BCUT2D eigenvalue weighted by molar-refractivity contribution is -0.141. The quantitative estimate of drug-likeness (QED) is 0.239. The molecule has 1 saturated heterocycles. The van der Waals surface area contributed by atoms with Crippen LogP contribution < -0.4 is 15.4 Å². The number of ether oxygens (including phenoxy) is 2. The maximum absolute atomic E-state index is 13.8. The van der Waals surface area contributed by atoms with Crippen molar-refractivity contribution in [1.29, 1.82) is 0 Å². The zero-order valence-corrected chi connectivity index (χ0v) is 26.8. The van der Waals surface area contributed by atoms with E-state index in [-0.39, 0.29) is 61.2 Å². The van der Waals surface area contributed by atoms with Gasteiger partial charge in [-0.05, 0) is 42.0 Å². The Labute approximate surface area is 266 Å². The highest BCUT2D eigenvalue weighted by atomic mass is 32.1. The van der Waals surface area contributed by atoms with Gasteiger partial charge < -0.3 is 34.6 Å². The third-order valence-electron chi connectivity index (χ3n) is 8.23. The van der Waals surface area contributed by atoms with Gasteiger partial charge in [-0.25, -0.2) is 4.98 Å². The van der Waals surface area contributed by atoms with Crippen LogP contribution in [0, 0.1) is 12.8 Å². The van der Waals surface area contributed by atoms with Crippen LogP contribution in [0.5, 0.6) is 5.88 Å². The molecule has 3 amide bonds. The molecule has 2 aliphatic rings. The molecule has 0 bridgehead atoms. The molecule has 1 aliphatic carbocycles. The zero-order valence-electron chi connectivity index (χ0n) is 26.0. The van der Waals surface area contributed by atoms with Crippen molar-refractivity contribution in [3.63, 3.8) is 0 Å². The van der Waals surface area contributed by atoms with Gasteiger partial charge in [0, 0.05) is 38.5 Å². The summed E-state index contributed by atoms with van der Waals surface area (Å²) in [4.78, 5) is 45.1. The van der Waals surface area contributed by atoms with E-state index >= 15 is 0 Å². The Kier molecular flexibility index (Phi) is 10.5. The van der Waals surface area contributed by atoms with E-state index in [0.29, 0.717) is 18.9 Å². The Hall–Kier alpha value is -3.81. The summed E-state index contributed by atoms with van der Waals surface area (Å²) in [7, 11) is 0. The maximum atomic E-state index is 13.8. The highest BCUT2D eigenvalue weighted by Gasteiger charge is 2.43. The summed E-state index contributed by atoms with van der Waals surface area (Å²) < 4.78 is 17.0. The minimum atomic E-state index is -0.808. The summed E-state index contributed by atoms with van der Waals surface area (Å²) in [6, 6.07) is 8.89. The first-order valence-electron chi connectivity index (χ1n) is 15.3. The number of nitrogens with zero attached hydrogens (tertiary/aromatic N) is 3. The van der Waals surface area contributed by atoms with Gasteiger partial charge in [-0.1, -0.05) is 38.1 Å². The van der Waals surface area contributed by atoms with Gasteiger partial charge in [0.25, 0.3) is 5.88 Å². The molecule has 5 rings (SSSR count). The number of aryl methyl sites for hydroxylation is 1. The smallest absolute Gasteiger partial charge is 0.254 e. The number of thiazole rings is 1. The van der Waals surface area contributed by atoms with Crippen molar-refractivity contribution in [1.82, 2.24) is 25.7 Å². The molecular formula is C32H41N5O7S. The van der Waals surface area contributed by atoms with E-state index in [1.807, 2.05) is 50.5 Å². The Morgan fingerprint density at radius 2 is 1.91 bits per heavy atom. The summed E-state index contributed by atoms with van der Waals surface area (Å²) in [6.07, 6.45) is 0.982. The predicted molar refractivity (Wildman–Crippen MR) is 166 cm³/mol. The average molecular weight is 640 g/mol. The van der Waals surface area contributed by atoms with Crippen LogP contribution in [0.25, 0.3) is 10.4 Å². The molecule has 242 valence electrons. The van der Waals surface area contributed by atoms with Gasteiger partial charge in [-0.3, -0.25) is 14.4 Å². The van der Waals surface area contributed by atoms with Gasteiger partial charge in [-0.2, -0.15) is 0 Å². The van der Waals surface area contributed by atoms with E-state index in [1.165, 1.54) is 11.8 Å². The summed E-state index contributed by atoms with van der Waals surface area (Å²) in [5.41, 5.74) is 4.79. The number of nitrogens with one attached hydrogen (secondary N) is 2. The van der Waals surface area contributed by atoms with Gasteiger partial charge in [0.05, 0.1) is 34.9 Å². The Bertz CT molecular complexity index is 1470. The maximum Gasteiger partial charge on any atom is 0.254 e. The van der Waals surface area contributed by atoms with Crippen molar-refractivity contribution in [2.24, 2.45) is 5.92 Å². The van der Waals surface area contributed by atoms with Gasteiger partial charge in [0.15, 0.2) is 5.76 Å². The van der Waals surface area contributed by atoms with Gasteiger partial charge in [-0.15, -0.1) is 11.3 Å². The third-order valence-corrected chi connectivity index (χ3v) is 9.21. The number of β-amino-alcohol motifs (C(OH)–C–C–N with tert-alkyl or cyclic N) is 1. The van der Waals surface area contributed by atoms with Crippen LogP contribution in [0.1, 0.15) is 63.0 Å². The number of hydrogen-bond donors (Lipinski definition) is 3. The first-order chi connectivity index (χ1) is 21.6. The number of rotatable bonds is 13. The van der Waals surface area contributed by atoms with Crippen molar-refractivity contribution in [2.45, 2.75) is 83.7 Å². The molecule has 2 aromatic heterocycles. The first kappa shape index (κ1) is 32.6. The molecule has 2 fully saturated rings. The van der Waals surface area contributed by atoms with Crippen LogP contribution in [0.2, 0.25) is 0 Å². The SMILES string of the molecule is CC(=O)NC1CC(OCCOc2cc(C(C(=O)N3C[C@H](O)C[C@H]3C(=O)NCc3ccc(-c4scnc4C)cc3)C(C)C)on2)C1. The molecule has 0 radical (unpaired) electrons. The van der Waals surface area contributed by atoms with E-state index in [4.69, 9.17) is 14.0 Å². The molecule has 13 heteroatoms. The Balaban J connectivity index is 1.13. The second-order valence-electron chi connectivity index (χ2n) is 12.1. The molecule has 12 nitrogen and oxygen atoms in total. The lowest BCUT2D eigenvalue weighted by Gasteiger charge is -2.35. The van der Waals surface area contributed by atoms with Crippen molar-refractivity contribution >= 4 is 29.1 Å². The normalized spacial score (nSPS) is 21.8. The number of aromatic nitrogens is 2. The van der Waals surface area contributed by atoms with Crippen LogP contribution in [0.4, 0.5) is 0 Å². The number of carbonyl (C=O) groups is 3. The van der Waals surface area contributed by atoms with E-state index in [0.717, 1.165) is 34.5 Å². The first-order valence-corrected chi connectivity index (χ1v) is 16.2. The summed E-state index contributed by atoms with van der Waals surface area (Å²) in [5.74, 6) is -0.975. The molecule has 1 aromatic carbocycles. The molecule has 3 atom stereocenters. The second kappa shape index (κ2) is 14.5. The monoisotopic (exact) mass is 639 g/mol. The van der Waals surface area contributed by atoms with E-state index < -0.39 is 18.1 Å². The third kappa shape index (κ3) is 8.08. The largest absolute Gasteiger partial charge is 0.473 e. The summed E-state index contributed by atoms with van der Waals surface area (Å²) in [5, 5.41) is 20.2. The fraction of sp³-hybridized carbons (Fsp3) is 0.531. The summed E-state index contributed by atoms with van der Waals surface area (Å²) in [6.45, 7) is 8.22. The molecule has 3 N–H and O–H groups in total. The molecule has 3 heterocycles. The van der Waals surface area contributed by atoms with Gasteiger partial charge in [0.2, 0.25) is 17.7 Å². The lowest BCUT2D eigenvalue weighted by Crippen LogP contribution is -2.48. The number of aliphatic hydroxyl groups excluding tert-OH is 1. The minimum Gasteiger partial charge on any atom is -0.473 e. The molecular weight excluding hydrogens is 598 g/mol. The second-order valence-corrected chi connectivity index (χ2v) is 12.9. The minimum absolute atomic E-state index is 0.0400. The molecule has 45 heavy (non-hydrogen) atoms. The number of aliphatic hydroxyl groups is 1. The number of benzene rings is 1. The Morgan fingerprint density at radius 1 is 1.16 bits per heavy atom. The van der Waals surface area contributed by atoms with Gasteiger partial charge >= 0.3 is 0 Å². The van der Waals surface area contributed by atoms with Gasteiger partial charge in [0.1, 0.15) is 18.6 Å². The molecule has 1 saturated carbocycles. The number of likely N-dealkylation sites (tertiary alicyclic amines) is 1. The van der Waals surface area contributed by atoms with Crippen molar-refractivity contribution in [3.05, 3.63) is 52.9 Å². The number of amides is 3. The highest BCUT2D eigenvalue weighted by molar-refractivity contribution is 7.13. The molecule has 0 spiro atoms. The molecule has 1 unspecified atom stereocenters. The van der Waals surface area contributed by atoms with Crippen LogP contribution in [0.3, 0.4) is 0 Å². The predicted octanol–water partition coefficient (Wildman–Crippen LogP) is 3.19. The van der Waals surface area contributed by atoms with Crippen molar-refractivity contribution in [2.75, 3.05) is 19.8 Å². The Morgan fingerprint density at radius 3 is 2.58 bits per heavy atom. The van der Waals surface area contributed by atoms with E-state index in [1.54, 1.807) is 17.4 Å². The topological polar surface area (TPSA) is 156 Å². The van der Waals surface area contributed by atoms with Crippen LogP contribution in [0.15, 0.2) is 40.4 Å². The van der Waals surface area contributed by atoms with Crippen molar-refractivity contribution in [3.8, 4) is 16.3 Å². The highest BCUT2D eigenvalue weighted by Crippen LogP contribution is 2.33. The average Bonchev–Trinajstić information content (AvgIpc) is 3.72. The van der Waals surface area contributed by atoms with Crippen LogP contribution in [-0.2, 0) is 25.7 Å². The zero-order chi connectivity index (χ0) is 32.1. The lowest BCUT2D eigenvalue weighted by atomic mass is 9.89. The van der Waals surface area contributed by atoms with E-state index in [9.17, 15) is 19.5 Å². The fourth-order valence-electron chi connectivity index (χ4n) is 5.83. The summed E-state index contributed by atoms with van der Waals surface area (Å²) >= 11 is 1.59. The van der Waals surface area contributed by atoms with Crippen molar-refractivity contribution < 1.29 is 33.5 Å².